The van der Waals surface area contributed by atoms with Crippen molar-refractivity contribution in [3.8, 4) is 0 Å². The van der Waals surface area contributed by atoms with E-state index in [2.05, 4.69) is 41.5 Å². The van der Waals surface area contributed by atoms with Crippen molar-refractivity contribution in [1.82, 2.24) is 0 Å². The first-order valence-corrected chi connectivity index (χ1v) is 10.3. The molecule has 0 aliphatic heterocycles. The molecule has 0 aromatic heterocycles. The summed E-state index contributed by atoms with van der Waals surface area (Å²) in [5, 5.41) is 0. The lowest BCUT2D eigenvalue weighted by molar-refractivity contribution is 0.0894. The summed E-state index contributed by atoms with van der Waals surface area (Å²) >= 11 is 0. The number of hydrogen-bond acceptors (Lipinski definition) is 0. The van der Waals surface area contributed by atoms with Gasteiger partial charge in [-0.1, -0.05) is 60.8 Å². The molecule has 130 valence electrons. The van der Waals surface area contributed by atoms with E-state index in [9.17, 15) is 0 Å². The number of rotatable bonds is 8. The van der Waals surface area contributed by atoms with Crippen LogP contribution in [0.5, 0.6) is 0 Å². The molecule has 0 N–H and O–H groups in total. The van der Waals surface area contributed by atoms with E-state index >= 15 is 0 Å². The summed E-state index contributed by atoms with van der Waals surface area (Å²) in [5.41, 5.74) is 0.678. The lowest BCUT2D eigenvalue weighted by Crippen LogP contribution is -2.32. The fourth-order valence-electron chi connectivity index (χ4n) is 5.14. The van der Waals surface area contributed by atoms with Gasteiger partial charge in [-0.25, -0.2) is 0 Å². The van der Waals surface area contributed by atoms with Crippen LogP contribution >= 0.6 is 0 Å². The largest absolute Gasteiger partial charge is 0.0625 e. The molecule has 22 heavy (non-hydrogen) atoms. The molecule has 2 fully saturated rings. The first-order valence-electron chi connectivity index (χ1n) is 10.3. The van der Waals surface area contributed by atoms with Gasteiger partial charge in [0.25, 0.3) is 0 Å². The maximum Gasteiger partial charge on any atom is -0.0323 e. The van der Waals surface area contributed by atoms with Crippen molar-refractivity contribution in [2.45, 2.75) is 99.3 Å². The number of unbranched alkanes of at least 4 members (excludes halogenated alkanes) is 1. The van der Waals surface area contributed by atoms with Crippen molar-refractivity contribution in [2.75, 3.05) is 0 Å². The zero-order valence-corrected chi connectivity index (χ0v) is 16.3. The van der Waals surface area contributed by atoms with E-state index in [1.165, 1.54) is 57.8 Å². The Kier molecular flexibility index (Phi) is 6.43. The Bertz CT molecular complexity index is 323. The molecule has 0 aromatic carbocycles. The van der Waals surface area contributed by atoms with Gasteiger partial charge in [-0.2, -0.15) is 0 Å². The molecule has 2 aliphatic carbocycles. The van der Waals surface area contributed by atoms with E-state index in [0.717, 1.165) is 35.5 Å². The standard InChI is InChI=1S/C22H42/c1-16(2)19-10-12-22(6,15-19)11-8-7-9-18(5)21-13-20(14-21)17(3)4/h16-21H,7-15H2,1-6H3. The Hall–Kier alpha value is 0. The highest BCUT2D eigenvalue weighted by atomic mass is 14.4. The summed E-state index contributed by atoms with van der Waals surface area (Å²) in [6, 6.07) is 0. The van der Waals surface area contributed by atoms with Crippen molar-refractivity contribution in [3.63, 3.8) is 0 Å². The second-order valence-corrected chi connectivity index (χ2v) is 10.0. The molecular formula is C22H42. The predicted octanol–water partition coefficient (Wildman–Crippen LogP) is 7.33. The molecular weight excluding hydrogens is 264 g/mol. The third-order valence-electron chi connectivity index (χ3n) is 7.46. The zero-order valence-electron chi connectivity index (χ0n) is 16.3. The lowest BCUT2D eigenvalue weighted by Gasteiger charge is -2.41. The van der Waals surface area contributed by atoms with Gasteiger partial charge in [0, 0.05) is 0 Å². The van der Waals surface area contributed by atoms with Crippen LogP contribution in [0.15, 0.2) is 0 Å². The first-order chi connectivity index (χ1) is 10.3. The van der Waals surface area contributed by atoms with Crippen molar-refractivity contribution in [1.29, 1.82) is 0 Å². The molecule has 0 bridgehead atoms. The monoisotopic (exact) mass is 306 g/mol. The molecule has 2 rings (SSSR count). The van der Waals surface area contributed by atoms with Gasteiger partial charge in [-0.15, -0.1) is 0 Å². The molecule has 0 nitrogen and oxygen atoms in total. The Labute approximate surface area is 140 Å². The molecule has 0 heteroatoms. The van der Waals surface area contributed by atoms with Crippen molar-refractivity contribution >= 4 is 0 Å². The van der Waals surface area contributed by atoms with Crippen LogP contribution in [0.1, 0.15) is 99.3 Å². The van der Waals surface area contributed by atoms with Crippen LogP contribution in [0.3, 0.4) is 0 Å². The van der Waals surface area contributed by atoms with Gasteiger partial charge in [0.15, 0.2) is 0 Å². The minimum absolute atomic E-state index is 0.678. The van der Waals surface area contributed by atoms with Crippen LogP contribution in [0.25, 0.3) is 0 Å². The van der Waals surface area contributed by atoms with Crippen LogP contribution in [0, 0.1) is 40.9 Å². The molecule has 3 unspecified atom stereocenters. The van der Waals surface area contributed by atoms with Gasteiger partial charge in [0.2, 0.25) is 0 Å². The third kappa shape index (κ3) is 4.75. The van der Waals surface area contributed by atoms with Gasteiger partial charge in [-0.05, 0) is 79.4 Å². The maximum atomic E-state index is 2.57. The molecule has 2 saturated carbocycles. The van der Waals surface area contributed by atoms with E-state index < -0.39 is 0 Å². The van der Waals surface area contributed by atoms with Gasteiger partial charge in [0.1, 0.15) is 0 Å². The topological polar surface area (TPSA) is 0 Å². The molecule has 3 atom stereocenters. The minimum atomic E-state index is 0.678. The first kappa shape index (κ1) is 18.3. The predicted molar refractivity (Wildman–Crippen MR) is 99.0 cm³/mol. The van der Waals surface area contributed by atoms with Crippen LogP contribution in [-0.4, -0.2) is 0 Å². The Morgan fingerprint density at radius 1 is 0.864 bits per heavy atom. The average Bonchev–Trinajstić information content (AvgIpc) is 2.76. The fourth-order valence-corrected chi connectivity index (χ4v) is 5.14. The third-order valence-corrected chi connectivity index (χ3v) is 7.46. The molecule has 0 aromatic rings. The average molecular weight is 307 g/mol. The molecule has 0 saturated heterocycles. The summed E-state index contributed by atoms with van der Waals surface area (Å²) in [6.45, 7) is 14.7. The van der Waals surface area contributed by atoms with Crippen LogP contribution in [0.4, 0.5) is 0 Å². The maximum absolute atomic E-state index is 2.57. The normalized spacial score (nSPS) is 36.8. The molecule has 0 radical (unpaired) electrons. The van der Waals surface area contributed by atoms with E-state index in [-0.39, 0.29) is 0 Å². The Morgan fingerprint density at radius 3 is 2.05 bits per heavy atom. The van der Waals surface area contributed by atoms with Crippen LogP contribution in [-0.2, 0) is 0 Å². The van der Waals surface area contributed by atoms with Crippen molar-refractivity contribution in [2.24, 2.45) is 40.9 Å². The van der Waals surface area contributed by atoms with Crippen molar-refractivity contribution in [3.05, 3.63) is 0 Å². The smallest absolute Gasteiger partial charge is 0.0323 e. The van der Waals surface area contributed by atoms with E-state index in [0.29, 0.717) is 5.41 Å². The highest BCUT2D eigenvalue weighted by Gasteiger charge is 2.36. The highest BCUT2D eigenvalue weighted by molar-refractivity contribution is 4.87. The summed E-state index contributed by atoms with van der Waals surface area (Å²) in [6.07, 6.45) is 13.4. The van der Waals surface area contributed by atoms with Crippen molar-refractivity contribution < 1.29 is 0 Å². The lowest BCUT2D eigenvalue weighted by atomic mass is 9.64. The van der Waals surface area contributed by atoms with E-state index in [4.69, 9.17) is 0 Å². The second-order valence-electron chi connectivity index (χ2n) is 10.0. The van der Waals surface area contributed by atoms with Gasteiger partial charge in [-0.3, -0.25) is 0 Å². The molecule has 0 spiro atoms. The Morgan fingerprint density at radius 2 is 1.50 bits per heavy atom. The van der Waals surface area contributed by atoms with Gasteiger partial charge >= 0.3 is 0 Å². The summed E-state index contributed by atoms with van der Waals surface area (Å²) in [4.78, 5) is 0. The molecule has 2 aliphatic rings. The number of hydrogen-bond donors (Lipinski definition) is 0. The summed E-state index contributed by atoms with van der Waals surface area (Å²) < 4.78 is 0. The summed E-state index contributed by atoms with van der Waals surface area (Å²) in [7, 11) is 0. The highest BCUT2D eigenvalue weighted by Crippen LogP contribution is 2.48. The van der Waals surface area contributed by atoms with Crippen LogP contribution < -0.4 is 0 Å². The quantitative estimate of drug-likeness (QED) is 0.412. The minimum Gasteiger partial charge on any atom is -0.0625 e. The SMILES string of the molecule is CC(C)C1CC(C(C)CCCCC2(C)CCC(C(C)C)C2)C1. The summed E-state index contributed by atoms with van der Waals surface area (Å²) in [5.74, 6) is 5.90. The van der Waals surface area contributed by atoms with Gasteiger partial charge < -0.3 is 0 Å². The molecule has 0 heterocycles. The Balaban J connectivity index is 1.58. The van der Waals surface area contributed by atoms with Crippen LogP contribution in [0.2, 0.25) is 0 Å². The van der Waals surface area contributed by atoms with E-state index in [1.54, 1.807) is 0 Å². The second kappa shape index (κ2) is 7.71. The van der Waals surface area contributed by atoms with Gasteiger partial charge in [0.05, 0.1) is 0 Å². The fraction of sp³-hybridized carbons (Fsp3) is 1.00. The molecule has 0 amide bonds. The van der Waals surface area contributed by atoms with E-state index in [1.807, 2.05) is 0 Å². The zero-order chi connectivity index (χ0) is 16.3.